The highest BCUT2D eigenvalue weighted by Gasteiger charge is 2.25. The average Bonchev–Trinajstić information content (AvgIpc) is 2.69. The minimum Gasteiger partial charge on any atom is -0.450 e. The van der Waals surface area contributed by atoms with Crippen LogP contribution in [0.2, 0.25) is 0 Å². The molecule has 0 unspecified atom stereocenters. The molecule has 0 radical (unpaired) electrons. The molecule has 0 spiro atoms. The number of morpholine rings is 1. The van der Waals surface area contributed by atoms with Crippen molar-refractivity contribution in [3.8, 4) is 0 Å². The van der Waals surface area contributed by atoms with Crippen LogP contribution >= 0.6 is 0 Å². The maximum absolute atomic E-state index is 12.4. The minimum absolute atomic E-state index is 0.0343. The molecule has 0 aliphatic carbocycles. The van der Waals surface area contributed by atoms with Gasteiger partial charge in [-0.2, -0.15) is 0 Å². The van der Waals surface area contributed by atoms with E-state index in [4.69, 9.17) is 9.47 Å². The lowest BCUT2D eigenvalue weighted by atomic mass is 10.1. The van der Waals surface area contributed by atoms with E-state index in [1.807, 2.05) is 4.90 Å². The Morgan fingerprint density at radius 3 is 2.46 bits per heavy atom. The number of likely N-dealkylation sites (tertiary alicyclic amines) is 1. The minimum atomic E-state index is -0.288. The molecule has 26 heavy (non-hydrogen) atoms. The molecule has 0 atom stereocenters. The molecular formula is C17H25N5O4. The maximum atomic E-state index is 12.4. The van der Waals surface area contributed by atoms with Crippen LogP contribution in [0.1, 0.15) is 30.1 Å². The van der Waals surface area contributed by atoms with Gasteiger partial charge in [0.25, 0.3) is 5.91 Å². The van der Waals surface area contributed by atoms with Gasteiger partial charge in [0.2, 0.25) is 5.95 Å². The van der Waals surface area contributed by atoms with Gasteiger partial charge >= 0.3 is 6.09 Å². The number of rotatable bonds is 4. The number of hydrogen-bond donors (Lipinski definition) is 1. The highest BCUT2D eigenvalue weighted by molar-refractivity contribution is 5.93. The highest BCUT2D eigenvalue weighted by atomic mass is 16.6. The van der Waals surface area contributed by atoms with Crippen molar-refractivity contribution in [3.63, 3.8) is 0 Å². The molecule has 2 fully saturated rings. The number of anilines is 1. The first-order valence-electron chi connectivity index (χ1n) is 9.04. The van der Waals surface area contributed by atoms with Gasteiger partial charge in [0.05, 0.1) is 25.4 Å². The zero-order valence-electron chi connectivity index (χ0n) is 15.0. The van der Waals surface area contributed by atoms with Crippen LogP contribution in [0, 0.1) is 0 Å². The van der Waals surface area contributed by atoms with Crippen LogP contribution in [-0.4, -0.2) is 78.9 Å². The Bertz CT molecular complexity index is 610. The fourth-order valence-electron chi connectivity index (χ4n) is 3.06. The first kappa shape index (κ1) is 18.4. The Labute approximate surface area is 152 Å². The van der Waals surface area contributed by atoms with E-state index in [1.54, 1.807) is 24.2 Å². The number of carbonyl (C=O) groups excluding carboxylic acids is 2. The van der Waals surface area contributed by atoms with E-state index in [2.05, 4.69) is 15.3 Å². The number of hydrogen-bond acceptors (Lipinski definition) is 7. The van der Waals surface area contributed by atoms with Gasteiger partial charge in [-0.25, -0.2) is 14.8 Å². The zero-order chi connectivity index (χ0) is 18.4. The van der Waals surface area contributed by atoms with Gasteiger partial charge in [-0.3, -0.25) is 4.79 Å². The van der Waals surface area contributed by atoms with Crippen LogP contribution in [0.25, 0.3) is 0 Å². The number of piperidine rings is 1. The Morgan fingerprint density at radius 1 is 1.19 bits per heavy atom. The van der Waals surface area contributed by atoms with Crippen molar-refractivity contribution in [2.24, 2.45) is 0 Å². The lowest BCUT2D eigenvalue weighted by Gasteiger charge is -2.31. The van der Waals surface area contributed by atoms with Crippen molar-refractivity contribution in [3.05, 3.63) is 18.0 Å². The molecule has 3 rings (SSSR count). The van der Waals surface area contributed by atoms with E-state index < -0.39 is 0 Å². The van der Waals surface area contributed by atoms with Crippen molar-refractivity contribution in [2.75, 3.05) is 50.9 Å². The normalized spacial score (nSPS) is 18.5. The topological polar surface area (TPSA) is 96.9 Å². The molecule has 9 nitrogen and oxygen atoms in total. The van der Waals surface area contributed by atoms with E-state index in [9.17, 15) is 9.59 Å². The molecule has 0 aromatic carbocycles. The molecule has 3 heterocycles. The van der Waals surface area contributed by atoms with Gasteiger partial charge in [0.15, 0.2) is 0 Å². The summed E-state index contributed by atoms with van der Waals surface area (Å²) in [5, 5.41) is 2.99. The lowest BCUT2D eigenvalue weighted by Crippen LogP contribution is -2.46. The smallest absolute Gasteiger partial charge is 0.409 e. The third-order valence-electron chi connectivity index (χ3n) is 4.55. The van der Waals surface area contributed by atoms with E-state index >= 15 is 0 Å². The number of nitrogens with zero attached hydrogens (tertiary/aromatic N) is 4. The summed E-state index contributed by atoms with van der Waals surface area (Å²) in [6.45, 7) is 6.15. The Kier molecular flexibility index (Phi) is 6.21. The standard InChI is InChI=1S/C17H25N5O4/c1-2-26-17(24)22-5-3-14(4-6-22)20-15(23)13-11-18-16(19-12-13)21-7-9-25-10-8-21/h11-12,14H,2-10H2,1H3,(H,20,23). The predicted octanol–water partition coefficient (Wildman–Crippen LogP) is 0.664. The Hall–Kier alpha value is -2.42. The van der Waals surface area contributed by atoms with Crippen LogP contribution in [0.5, 0.6) is 0 Å². The summed E-state index contributed by atoms with van der Waals surface area (Å²) in [6.07, 6.45) is 4.24. The molecule has 1 aromatic heterocycles. The lowest BCUT2D eigenvalue weighted by molar-refractivity contribution is 0.0859. The molecule has 142 valence electrons. The van der Waals surface area contributed by atoms with Crippen molar-refractivity contribution in [1.82, 2.24) is 20.2 Å². The molecule has 0 saturated carbocycles. The fraction of sp³-hybridized carbons (Fsp3) is 0.647. The number of aromatic nitrogens is 2. The van der Waals surface area contributed by atoms with E-state index in [-0.39, 0.29) is 18.0 Å². The predicted molar refractivity (Wildman–Crippen MR) is 94.1 cm³/mol. The number of amides is 2. The molecule has 1 aromatic rings. The SMILES string of the molecule is CCOC(=O)N1CCC(NC(=O)c2cnc(N3CCOCC3)nc2)CC1. The van der Waals surface area contributed by atoms with Gasteiger partial charge in [-0.1, -0.05) is 0 Å². The van der Waals surface area contributed by atoms with Crippen LogP contribution < -0.4 is 10.2 Å². The summed E-state index contributed by atoms with van der Waals surface area (Å²) in [5.74, 6) is 0.431. The number of ether oxygens (including phenoxy) is 2. The molecule has 2 aliphatic heterocycles. The number of carbonyl (C=O) groups is 2. The van der Waals surface area contributed by atoms with Crippen molar-refractivity contribution in [1.29, 1.82) is 0 Å². The van der Waals surface area contributed by atoms with Crippen molar-refractivity contribution in [2.45, 2.75) is 25.8 Å². The summed E-state index contributed by atoms with van der Waals surface area (Å²) >= 11 is 0. The number of nitrogens with one attached hydrogen (secondary N) is 1. The second-order valence-corrected chi connectivity index (χ2v) is 6.30. The van der Waals surface area contributed by atoms with Gasteiger partial charge in [-0.15, -0.1) is 0 Å². The van der Waals surface area contributed by atoms with Gasteiger partial charge in [-0.05, 0) is 19.8 Å². The summed E-state index contributed by atoms with van der Waals surface area (Å²) in [7, 11) is 0. The summed E-state index contributed by atoms with van der Waals surface area (Å²) in [5.41, 5.74) is 0.440. The van der Waals surface area contributed by atoms with E-state index in [0.29, 0.717) is 57.3 Å². The second-order valence-electron chi connectivity index (χ2n) is 6.30. The first-order chi connectivity index (χ1) is 12.7. The van der Waals surface area contributed by atoms with E-state index in [0.717, 1.165) is 13.1 Å². The van der Waals surface area contributed by atoms with Gasteiger partial charge < -0.3 is 24.6 Å². The fourth-order valence-corrected chi connectivity index (χ4v) is 3.06. The molecule has 2 saturated heterocycles. The van der Waals surface area contributed by atoms with Crippen LogP contribution in [-0.2, 0) is 9.47 Å². The van der Waals surface area contributed by atoms with Crippen LogP contribution in [0.15, 0.2) is 12.4 Å². The van der Waals surface area contributed by atoms with Gasteiger partial charge in [0.1, 0.15) is 0 Å². The Balaban J connectivity index is 1.48. The van der Waals surface area contributed by atoms with Crippen molar-refractivity contribution >= 4 is 17.9 Å². The molecule has 2 amide bonds. The Morgan fingerprint density at radius 2 is 1.85 bits per heavy atom. The summed E-state index contributed by atoms with van der Waals surface area (Å²) in [6, 6.07) is 0.0343. The highest BCUT2D eigenvalue weighted by Crippen LogP contribution is 2.13. The second kappa shape index (κ2) is 8.79. The molecule has 0 bridgehead atoms. The zero-order valence-corrected chi connectivity index (χ0v) is 15.0. The first-order valence-corrected chi connectivity index (χ1v) is 9.04. The van der Waals surface area contributed by atoms with Gasteiger partial charge in [0, 0.05) is 44.6 Å². The third-order valence-corrected chi connectivity index (χ3v) is 4.55. The molecule has 2 aliphatic rings. The third kappa shape index (κ3) is 4.60. The summed E-state index contributed by atoms with van der Waals surface area (Å²) < 4.78 is 10.3. The molecule has 9 heteroatoms. The quantitative estimate of drug-likeness (QED) is 0.839. The maximum Gasteiger partial charge on any atom is 0.409 e. The molecular weight excluding hydrogens is 338 g/mol. The van der Waals surface area contributed by atoms with E-state index in [1.165, 1.54) is 0 Å². The van der Waals surface area contributed by atoms with Crippen molar-refractivity contribution < 1.29 is 19.1 Å². The van der Waals surface area contributed by atoms with Crippen LogP contribution in [0.3, 0.4) is 0 Å². The largest absolute Gasteiger partial charge is 0.450 e. The average molecular weight is 363 g/mol. The molecule has 1 N–H and O–H groups in total. The summed E-state index contributed by atoms with van der Waals surface area (Å²) in [4.78, 5) is 36.4. The monoisotopic (exact) mass is 363 g/mol. The van der Waals surface area contributed by atoms with Crippen LogP contribution in [0.4, 0.5) is 10.7 Å².